The summed E-state index contributed by atoms with van der Waals surface area (Å²) < 4.78 is 20.0. The minimum Gasteiger partial charge on any atom is -0.597 e. The molecule has 0 aliphatic heterocycles. The standard InChI is InChI=1S/CH2ClFOS/c2-5(4)1-3/h1H2. The van der Waals surface area contributed by atoms with Crippen molar-refractivity contribution in [3.8, 4) is 0 Å². The molecule has 0 saturated carbocycles. The zero-order chi connectivity index (χ0) is 4.28. The van der Waals surface area contributed by atoms with Crippen molar-refractivity contribution in [3.05, 3.63) is 0 Å². The quantitative estimate of drug-likeness (QED) is 0.465. The van der Waals surface area contributed by atoms with Crippen LogP contribution in [0.15, 0.2) is 0 Å². The van der Waals surface area contributed by atoms with Crippen molar-refractivity contribution in [1.82, 2.24) is 0 Å². The van der Waals surface area contributed by atoms with Crippen molar-refractivity contribution in [3.63, 3.8) is 0 Å². The normalized spacial score (nSPS) is 15.0. The third kappa shape index (κ3) is 4.53. The predicted octanol–water partition coefficient (Wildman–Crippen LogP) is 0.816. The summed E-state index contributed by atoms with van der Waals surface area (Å²) in [7, 11) is 2.79. The van der Waals surface area contributed by atoms with Gasteiger partial charge in [-0.3, -0.25) is 0 Å². The highest BCUT2D eigenvalue weighted by Gasteiger charge is 1.92. The average molecular weight is 117 g/mol. The topological polar surface area (TPSA) is 23.1 Å². The fourth-order valence-electron chi connectivity index (χ4n) is 0. The highest BCUT2D eigenvalue weighted by molar-refractivity contribution is 8.13. The van der Waals surface area contributed by atoms with Crippen LogP contribution in [0.25, 0.3) is 0 Å². The van der Waals surface area contributed by atoms with Crippen LogP contribution < -0.4 is 0 Å². The molecular weight excluding hydrogens is 115 g/mol. The Morgan fingerprint density at radius 2 is 2.20 bits per heavy atom. The maximum Gasteiger partial charge on any atom is 0.261 e. The lowest BCUT2D eigenvalue weighted by Crippen LogP contribution is -1.86. The molecule has 0 heterocycles. The Morgan fingerprint density at radius 1 is 2.00 bits per heavy atom. The van der Waals surface area contributed by atoms with E-state index in [1.807, 2.05) is 0 Å². The number of alkyl halides is 1. The third-order valence-corrected chi connectivity index (χ3v) is 0.505. The number of halogens is 2. The fraction of sp³-hybridized carbons (Fsp3) is 1.00. The molecule has 0 aliphatic rings. The van der Waals surface area contributed by atoms with Gasteiger partial charge in [0, 0.05) is 0 Å². The van der Waals surface area contributed by atoms with Gasteiger partial charge in [-0.15, -0.1) is 0 Å². The van der Waals surface area contributed by atoms with E-state index in [4.69, 9.17) is 0 Å². The van der Waals surface area contributed by atoms with Gasteiger partial charge in [-0.2, -0.15) is 4.39 Å². The second kappa shape index (κ2) is 2.75. The van der Waals surface area contributed by atoms with Gasteiger partial charge in [0.05, 0.1) is 10.4 Å². The van der Waals surface area contributed by atoms with Crippen LogP contribution in [-0.4, -0.2) is 10.6 Å². The van der Waals surface area contributed by atoms with E-state index in [-0.39, 0.29) is 0 Å². The smallest absolute Gasteiger partial charge is 0.261 e. The summed E-state index contributed by atoms with van der Waals surface area (Å²) in [5.74, 6) is 0. The van der Waals surface area contributed by atoms with E-state index in [9.17, 15) is 8.94 Å². The molecule has 1 atom stereocenters. The minimum absolute atomic E-state index is 0.957. The van der Waals surface area contributed by atoms with Gasteiger partial charge in [0.25, 0.3) is 6.01 Å². The van der Waals surface area contributed by atoms with Crippen molar-refractivity contribution in [2.75, 3.05) is 6.01 Å². The Morgan fingerprint density at radius 3 is 2.20 bits per heavy atom. The highest BCUT2D eigenvalue weighted by atomic mass is 35.7. The molecule has 0 amide bonds. The predicted molar refractivity (Wildman–Crippen MR) is 20.0 cm³/mol. The average Bonchev–Trinajstić information content (AvgIpc) is 1.38. The molecule has 0 rings (SSSR count). The van der Waals surface area contributed by atoms with Gasteiger partial charge in [-0.25, -0.2) is 0 Å². The first-order valence-electron chi connectivity index (χ1n) is 0.877. The van der Waals surface area contributed by atoms with E-state index in [0.717, 1.165) is 0 Å². The van der Waals surface area contributed by atoms with E-state index in [0.29, 0.717) is 0 Å². The van der Waals surface area contributed by atoms with Gasteiger partial charge in [0.2, 0.25) is 0 Å². The van der Waals surface area contributed by atoms with Crippen LogP contribution >= 0.6 is 10.7 Å². The van der Waals surface area contributed by atoms with E-state index < -0.39 is 16.4 Å². The van der Waals surface area contributed by atoms with Gasteiger partial charge in [-0.05, 0) is 0 Å². The summed E-state index contributed by atoms with van der Waals surface area (Å²) in [6.45, 7) is 0. The summed E-state index contributed by atoms with van der Waals surface area (Å²) in [6, 6.07) is -0.957. The molecule has 1 unspecified atom stereocenters. The Bertz CT molecular complexity index is 25.6. The molecule has 5 heavy (non-hydrogen) atoms. The Labute approximate surface area is 36.8 Å². The maximum atomic E-state index is 10.7. The van der Waals surface area contributed by atoms with Crippen molar-refractivity contribution < 1.29 is 8.94 Å². The highest BCUT2D eigenvalue weighted by Crippen LogP contribution is 1.93. The number of hydrogen-bond acceptors (Lipinski definition) is 1. The van der Waals surface area contributed by atoms with Crippen molar-refractivity contribution in [2.24, 2.45) is 0 Å². The molecule has 32 valence electrons. The van der Waals surface area contributed by atoms with E-state index >= 15 is 0 Å². The molecular formula is CH2ClFOS. The molecule has 0 radical (unpaired) electrons. The van der Waals surface area contributed by atoms with Gasteiger partial charge >= 0.3 is 0 Å². The minimum atomic E-state index is -1.77. The van der Waals surface area contributed by atoms with E-state index in [1.165, 1.54) is 0 Å². The van der Waals surface area contributed by atoms with Crippen LogP contribution in [0.1, 0.15) is 0 Å². The lowest BCUT2D eigenvalue weighted by Gasteiger charge is -1.85. The molecule has 0 aromatic rings. The molecule has 1 nitrogen and oxygen atoms in total. The lowest BCUT2D eigenvalue weighted by atomic mass is 11.8. The van der Waals surface area contributed by atoms with E-state index in [1.54, 1.807) is 0 Å². The molecule has 4 heteroatoms. The Kier molecular flexibility index (Phi) is 3.04. The van der Waals surface area contributed by atoms with Crippen LogP contribution in [0, 0.1) is 0 Å². The number of hydrogen-bond donors (Lipinski definition) is 0. The molecule has 0 aliphatic carbocycles. The van der Waals surface area contributed by atoms with Crippen molar-refractivity contribution in [1.29, 1.82) is 0 Å². The maximum absolute atomic E-state index is 10.7. The first-order valence-corrected chi connectivity index (χ1v) is 3.02. The second-order valence-electron chi connectivity index (χ2n) is 0.399. The van der Waals surface area contributed by atoms with Gasteiger partial charge < -0.3 is 4.55 Å². The molecule has 0 bridgehead atoms. The van der Waals surface area contributed by atoms with Crippen LogP contribution in [-0.2, 0) is 10.4 Å². The van der Waals surface area contributed by atoms with Gasteiger partial charge in [-0.1, -0.05) is 0 Å². The SMILES string of the molecule is [O-][S+](Cl)CF. The summed E-state index contributed by atoms with van der Waals surface area (Å²) in [4.78, 5) is 0. The zero-order valence-electron chi connectivity index (χ0n) is 2.28. The summed E-state index contributed by atoms with van der Waals surface area (Å²) in [6.07, 6.45) is 0. The van der Waals surface area contributed by atoms with Crippen molar-refractivity contribution >= 4 is 21.1 Å². The summed E-state index contributed by atoms with van der Waals surface area (Å²) in [5, 5.41) is 0. The van der Waals surface area contributed by atoms with Gasteiger partial charge in [0.15, 0.2) is 10.7 Å². The Hall–Kier alpha value is 0.530. The molecule has 0 fully saturated rings. The first-order chi connectivity index (χ1) is 2.27. The monoisotopic (exact) mass is 116 g/mol. The molecule has 0 spiro atoms. The first kappa shape index (κ1) is 5.53. The van der Waals surface area contributed by atoms with Crippen LogP contribution in [0.4, 0.5) is 4.39 Å². The molecule has 0 aromatic carbocycles. The molecule has 0 aromatic heterocycles. The van der Waals surface area contributed by atoms with Crippen LogP contribution in [0.3, 0.4) is 0 Å². The van der Waals surface area contributed by atoms with E-state index in [2.05, 4.69) is 10.7 Å². The molecule has 0 saturated heterocycles. The van der Waals surface area contributed by atoms with Crippen LogP contribution in [0.5, 0.6) is 0 Å². The summed E-state index contributed by atoms with van der Waals surface area (Å²) >= 11 is 0. The van der Waals surface area contributed by atoms with Crippen LogP contribution in [0.2, 0.25) is 0 Å². The van der Waals surface area contributed by atoms with Crippen molar-refractivity contribution in [2.45, 2.75) is 0 Å². The fourth-order valence-corrected chi connectivity index (χ4v) is 0. The molecule has 0 N–H and O–H groups in total. The number of rotatable bonds is 1. The Balaban J connectivity index is 2.54. The largest absolute Gasteiger partial charge is 0.597 e. The third-order valence-electron chi connectivity index (χ3n) is 0.0858. The van der Waals surface area contributed by atoms with Gasteiger partial charge in [0.1, 0.15) is 0 Å². The summed E-state index contributed by atoms with van der Waals surface area (Å²) in [5.41, 5.74) is 0. The zero-order valence-corrected chi connectivity index (χ0v) is 3.85. The second-order valence-corrected chi connectivity index (χ2v) is 2.23. The lowest BCUT2D eigenvalue weighted by molar-refractivity contribution is 0.545.